The van der Waals surface area contributed by atoms with Crippen molar-refractivity contribution < 1.29 is 0 Å². The summed E-state index contributed by atoms with van der Waals surface area (Å²) in [5, 5.41) is 3.43. The van der Waals surface area contributed by atoms with E-state index in [-0.39, 0.29) is 0 Å². The van der Waals surface area contributed by atoms with Crippen LogP contribution in [0.4, 0.5) is 0 Å². The van der Waals surface area contributed by atoms with Crippen LogP contribution < -0.4 is 5.09 Å². The monoisotopic (exact) mass is 209 g/mol. The Morgan fingerprint density at radius 2 is 1.89 bits per heavy atom. The zero-order valence-electron chi connectivity index (χ0n) is 5.49. The Labute approximate surface area is 66.6 Å². The minimum atomic E-state index is 0.751. The molecule has 1 atom stereocenters. The molecule has 9 heavy (non-hydrogen) atoms. The molecule has 0 heterocycles. The van der Waals surface area contributed by atoms with Crippen molar-refractivity contribution in [2.45, 2.75) is 38.1 Å². The van der Waals surface area contributed by atoms with E-state index < -0.39 is 0 Å². The first-order valence-corrected chi connectivity index (χ1v) is 6.80. The summed E-state index contributed by atoms with van der Waals surface area (Å²) in [6, 6.07) is 0.816. The average Bonchev–Trinajstić information content (AvgIpc) is 1.91. The molecular formula is C6H13BrNP. The number of halogens is 1. The Bertz CT molecular complexity index is 70.7. The summed E-state index contributed by atoms with van der Waals surface area (Å²) in [7, 11) is 0.751. The second-order valence-corrected chi connectivity index (χ2v) is 4.24. The first-order chi connectivity index (χ1) is 4.43. The fraction of sp³-hybridized carbons (Fsp3) is 1.00. The molecule has 0 bridgehead atoms. The zero-order chi connectivity index (χ0) is 6.53. The van der Waals surface area contributed by atoms with Crippen LogP contribution in [-0.4, -0.2) is 6.04 Å². The Balaban J connectivity index is 2.08. The third-order valence-corrected chi connectivity index (χ3v) is 3.07. The van der Waals surface area contributed by atoms with Gasteiger partial charge in [0.2, 0.25) is 0 Å². The van der Waals surface area contributed by atoms with E-state index in [1.807, 2.05) is 0 Å². The standard InChI is InChI=1S/C6H13BrNP/c7-9-8-6-4-2-1-3-5-6/h6,8-9H,1-5H2. The van der Waals surface area contributed by atoms with Crippen LogP contribution in [0.3, 0.4) is 0 Å². The summed E-state index contributed by atoms with van der Waals surface area (Å²) in [5.74, 6) is 0. The quantitative estimate of drug-likeness (QED) is 0.691. The molecule has 1 nitrogen and oxygen atoms in total. The third-order valence-electron chi connectivity index (χ3n) is 1.86. The van der Waals surface area contributed by atoms with Crippen molar-refractivity contribution in [1.29, 1.82) is 0 Å². The Kier molecular flexibility index (Phi) is 4.12. The van der Waals surface area contributed by atoms with E-state index in [0.717, 1.165) is 13.5 Å². The Morgan fingerprint density at radius 1 is 1.22 bits per heavy atom. The number of rotatable bonds is 2. The second kappa shape index (κ2) is 4.65. The van der Waals surface area contributed by atoms with Gasteiger partial charge in [-0.15, -0.1) is 0 Å². The minimum absolute atomic E-state index is 0.751. The molecule has 1 N–H and O–H groups in total. The molecule has 0 radical (unpaired) electrons. The van der Waals surface area contributed by atoms with Gasteiger partial charge < -0.3 is 0 Å². The van der Waals surface area contributed by atoms with Crippen molar-refractivity contribution in [1.82, 2.24) is 5.09 Å². The molecule has 0 aliphatic heterocycles. The Hall–Kier alpha value is 0.870. The fourth-order valence-corrected chi connectivity index (χ4v) is 2.74. The molecule has 0 amide bonds. The highest BCUT2D eigenvalue weighted by molar-refractivity contribution is 9.36. The average molecular weight is 210 g/mol. The van der Waals surface area contributed by atoms with Gasteiger partial charge in [-0.2, -0.15) is 0 Å². The summed E-state index contributed by atoms with van der Waals surface area (Å²) < 4.78 is 0. The van der Waals surface area contributed by atoms with Crippen molar-refractivity contribution >= 4 is 22.9 Å². The SMILES string of the molecule is BrPNC1CCCCC1. The van der Waals surface area contributed by atoms with Crippen LogP contribution in [0, 0.1) is 0 Å². The molecule has 0 spiro atoms. The molecule has 1 saturated carbocycles. The summed E-state index contributed by atoms with van der Waals surface area (Å²) in [6.07, 6.45) is 7.07. The first-order valence-electron chi connectivity index (χ1n) is 3.54. The second-order valence-electron chi connectivity index (χ2n) is 2.57. The van der Waals surface area contributed by atoms with E-state index in [2.05, 4.69) is 20.6 Å². The van der Waals surface area contributed by atoms with E-state index in [1.54, 1.807) is 0 Å². The lowest BCUT2D eigenvalue weighted by molar-refractivity contribution is 0.423. The molecule has 1 aliphatic rings. The fourth-order valence-electron chi connectivity index (χ4n) is 1.32. The molecule has 0 aromatic heterocycles. The van der Waals surface area contributed by atoms with Crippen LogP contribution in [0.1, 0.15) is 32.1 Å². The Morgan fingerprint density at radius 3 is 2.44 bits per heavy atom. The highest BCUT2D eigenvalue weighted by Gasteiger charge is 2.10. The lowest BCUT2D eigenvalue weighted by atomic mass is 9.96. The van der Waals surface area contributed by atoms with Gasteiger partial charge in [0, 0.05) is 13.5 Å². The molecule has 0 aromatic carbocycles. The van der Waals surface area contributed by atoms with Crippen molar-refractivity contribution in [3.8, 4) is 0 Å². The van der Waals surface area contributed by atoms with Crippen LogP contribution in [0.25, 0.3) is 0 Å². The summed E-state index contributed by atoms with van der Waals surface area (Å²) in [5.41, 5.74) is 0. The van der Waals surface area contributed by atoms with E-state index in [4.69, 9.17) is 0 Å². The number of hydrogen-bond donors (Lipinski definition) is 1. The molecule has 1 rings (SSSR count). The van der Waals surface area contributed by atoms with Gasteiger partial charge >= 0.3 is 0 Å². The lowest BCUT2D eigenvalue weighted by Crippen LogP contribution is -2.23. The van der Waals surface area contributed by atoms with E-state index in [9.17, 15) is 0 Å². The molecule has 0 saturated heterocycles. The van der Waals surface area contributed by atoms with Crippen molar-refractivity contribution in [2.75, 3.05) is 0 Å². The predicted octanol–water partition coefficient (Wildman–Crippen LogP) is 2.81. The zero-order valence-corrected chi connectivity index (χ0v) is 8.08. The summed E-state index contributed by atoms with van der Waals surface area (Å²) in [6.45, 7) is 0. The minimum Gasteiger partial charge on any atom is -0.286 e. The smallest absolute Gasteiger partial charge is 0.0188 e. The van der Waals surface area contributed by atoms with Crippen LogP contribution in [0.15, 0.2) is 0 Å². The summed E-state index contributed by atoms with van der Waals surface area (Å²) >= 11 is 3.40. The van der Waals surface area contributed by atoms with E-state index in [1.165, 1.54) is 32.1 Å². The highest BCUT2D eigenvalue weighted by atomic mass is 79.9. The molecule has 1 unspecified atom stereocenters. The first kappa shape index (κ1) is 7.97. The van der Waals surface area contributed by atoms with E-state index in [0.29, 0.717) is 0 Å². The number of nitrogens with one attached hydrogen (secondary N) is 1. The largest absolute Gasteiger partial charge is 0.286 e. The molecule has 1 fully saturated rings. The highest BCUT2D eigenvalue weighted by Crippen LogP contribution is 2.23. The van der Waals surface area contributed by atoms with Gasteiger partial charge in [0.05, 0.1) is 0 Å². The van der Waals surface area contributed by atoms with Gasteiger partial charge in [-0.25, -0.2) is 0 Å². The van der Waals surface area contributed by atoms with E-state index >= 15 is 0 Å². The summed E-state index contributed by atoms with van der Waals surface area (Å²) in [4.78, 5) is 0. The molecule has 3 heteroatoms. The van der Waals surface area contributed by atoms with Crippen LogP contribution in [-0.2, 0) is 0 Å². The molecule has 1 aliphatic carbocycles. The van der Waals surface area contributed by atoms with Crippen LogP contribution >= 0.6 is 22.9 Å². The van der Waals surface area contributed by atoms with Crippen molar-refractivity contribution in [3.63, 3.8) is 0 Å². The maximum absolute atomic E-state index is 3.43. The van der Waals surface area contributed by atoms with Gasteiger partial charge in [-0.1, -0.05) is 19.3 Å². The van der Waals surface area contributed by atoms with Crippen LogP contribution in [0.5, 0.6) is 0 Å². The van der Waals surface area contributed by atoms with Gasteiger partial charge in [-0.3, -0.25) is 5.09 Å². The molecule has 0 aromatic rings. The number of hydrogen-bond acceptors (Lipinski definition) is 1. The van der Waals surface area contributed by atoms with Gasteiger partial charge in [0.1, 0.15) is 0 Å². The molecule has 54 valence electrons. The van der Waals surface area contributed by atoms with Crippen molar-refractivity contribution in [3.05, 3.63) is 0 Å². The molecular weight excluding hydrogens is 197 g/mol. The topological polar surface area (TPSA) is 12.0 Å². The maximum atomic E-state index is 3.43. The predicted molar refractivity (Wildman–Crippen MR) is 47.3 cm³/mol. The van der Waals surface area contributed by atoms with Crippen molar-refractivity contribution in [2.24, 2.45) is 0 Å². The van der Waals surface area contributed by atoms with Gasteiger partial charge in [-0.05, 0) is 28.3 Å². The van der Waals surface area contributed by atoms with Crippen LogP contribution in [0.2, 0.25) is 0 Å². The maximum Gasteiger partial charge on any atom is 0.0188 e. The third kappa shape index (κ3) is 2.97. The lowest BCUT2D eigenvalue weighted by Gasteiger charge is -2.21. The van der Waals surface area contributed by atoms with Gasteiger partial charge in [0.15, 0.2) is 0 Å². The van der Waals surface area contributed by atoms with Gasteiger partial charge in [0.25, 0.3) is 0 Å². The normalized spacial score (nSPS) is 23.7.